The maximum atomic E-state index is 13.2. The number of carbonyl (C=O) groups is 2. The van der Waals surface area contributed by atoms with Crippen molar-refractivity contribution in [3.63, 3.8) is 0 Å². The number of amides is 1. The van der Waals surface area contributed by atoms with Gasteiger partial charge in [-0.1, -0.05) is 59.1 Å². The number of aryl methyl sites for hydroxylation is 2. The van der Waals surface area contributed by atoms with Gasteiger partial charge in [-0.25, -0.2) is 0 Å². The molecule has 1 atom stereocenters. The van der Waals surface area contributed by atoms with Crippen molar-refractivity contribution < 1.29 is 19.4 Å². The van der Waals surface area contributed by atoms with Gasteiger partial charge in [0.25, 0.3) is 11.7 Å². The van der Waals surface area contributed by atoms with Crippen LogP contribution < -0.4 is 9.64 Å². The standard InChI is InChI=1S/C26H22ClNO4/c1-15-7-9-18(10-8-15)28-23(17-6-4-5-16(2)13-17)22(25(30)26(28)31)24(29)20-14-19(32-3)11-12-21(20)27/h4-14,23,29H,1-3H3/b24-22+. The molecule has 0 saturated carbocycles. The number of benzene rings is 3. The summed E-state index contributed by atoms with van der Waals surface area (Å²) >= 11 is 6.34. The minimum Gasteiger partial charge on any atom is -0.507 e. The molecule has 162 valence electrons. The number of Topliss-reactive ketones (excluding diaryl/α,β-unsaturated/α-hetero) is 1. The van der Waals surface area contributed by atoms with Gasteiger partial charge in [-0.2, -0.15) is 0 Å². The van der Waals surface area contributed by atoms with Gasteiger partial charge in [0.1, 0.15) is 11.5 Å². The van der Waals surface area contributed by atoms with E-state index >= 15 is 0 Å². The summed E-state index contributed by atoms with van der Waals surface area (Å²) < 4.78 is 5.24. The van der Waals surface area contributed by atoms with E-state index in [1.165, 1.54) is 12.0 Å². The van der Waals surface area contributed by atoms with E-state index < -0.39 is 17.7 Å². The van der Waals surface area contributed by atoms with Crippen LogP contribution in [0.3, 0.4) is 0 Å². The average Bonchev–Trinajstić information content (AvgIpc) is 3.05. The highest BCUT2D eigenvalue weighted by Gasteiger charge is 2.47. The first kappa shape index (κ1) is 21.7. The molecule has 3 aromatic carbocycles. The Morgan fingerprint density at radius 2 is 1.69 bits per heavy atom. The molecule has 5 nitrogen and oxygen atoms in total. The van der Waals surface area contributed by atoms with Gasteiger partial charge in [-0.05, 0) is 49.7 Å². The van der Waals surface area contributed by atoms with Crippen LogP contribution in [-0.4, -0.2) is 23.9 Å². The predicted molar refractivity (Wildman–Crippen MR) is 125 cm³/mol. The van der Waals surface area contributed by atoms with Crippen LogP contribution in [0.2, 0.25) is 5.02 Å². The van der Waals surface area contributed by atoms with E-state index in [-0.39, 0.29) is 21.9 Å². The Balaban J connectivity index is 1.98. The minimum absolute atomic E-state index is 0.0173. The van der Waals surface area contributed by atoms with Crippen LogP contribution in [0.1, 0.15) is 28.3 Å². The second kappa shape index (κ2) is 8.52. The molecule has 1 aliphatic rings. The Hall–Kier alpha value is -3.57. The first-order valence-corrected chi connectivity index (χ1v) is 10.5. The molecular weight excluding hydrogens is 426 g/mol. The number of aliphatic hydroxyl groups is 1. The number of halogens is 1. The number of aliphatic hydroxyl groups excluding tert-OH is 1. The summed E-state index contributed by atoms with van der Waals surface area (Å²) in [5.74, 6) is -1.35. The van der Waals surface area contributed by atoms with E-state index in [9.17, 15) is 14.7 Å². The van der Waals surface area contributed by atoms with E-state index in [4.69, 9.17) is 16.3 Å². The normalized spacial score (nSPS) is 17.6. The summed E-state index contributed by atoms with van der Waals surface area (Å²) in [5.41, 5.74) is 3.49. The Morgan fingerprint density at radius 3 is 2.34 bits per heavy atom. The van der Waals surface area contributed by atoms with Crippen molar-refractivity contribution in [3.8, 4) is 5.75 Å². The fraction of sp³-hybridized carbons (Fsp3) is 0.154. The number of ether oxygens (including phenoxy) is 1. The van der Waals surface area contributed by atoms with Gasteiger partial charge in [0.15, 0.2) is 0 Å². The van der Waals surface area contributed by atoms with Crippen molar-refractivity contribution in [1.29, 1.82) is 0 Å². The third kappa shape index (κ3) is 3.76. The van der Waals surface area contributed by atoms with Crippen LogP contribution in [-0.2, 0) is 9.59 Å². The number of hydrogen-bond acceptors (Lipinski definition) is 4. The highest BCUT2D eigenvalue weighted by atomic mass is 35.5. The van der Waals surface area contributed by atoms with Gasteiger partial charge >= 0.3 is 0 Å². The Kier molecular flexibility index (Phi) is 5.76. The molecule has 32 heavy (non-hydrogen) atoms. The van der Waals surface area contributed by atoms with Crippen molar-refractivity contribution in [3.05, 3.63) is 99.6 Å². The largest absolute Gasteiger partial charge is 0.507 e. The molecule has 4 rings (SSSR count). The first-order valence-electron chi connectivity index (χ1n) is 10.1. The zero-order chi connectivity index (χ0) is 23.0. The highest BCUT2D eigenvalue weighted by molar-refractivity contribution is 6.52. The van der Waals surface area contributed by atoms with Gasteiger partial charge in [0.2, 0.25) is 0 Å². The summed E-state index contributed by atoms with van der Waals surface area (Å²) in [6, 6.07) is 18.8. The minimum atomic E-state index is -0.806. The molecule has 0 aromatic heterocycles. The van der Waals surface area contributed by atoms with Gasteiger partial charge in [-0.3, -0.25) is 14.5 Å². The summed E-state index contributed by atoms with van der Waals surface area (Å²) in [4.78, 5) is 27.8. The number of nitrogens with zero attached hydrogens (tertiary/aromatic N) is 1. The molecule has 0 spiro atoms. The monoisotopic (exact) mass is 447 g/mol. The molecule has 1 N–H and O–H groups in total. The fourth-order valence-electron chi connectivity index (χ4n) is 3.92. The third-order valence-electron chi connectivity index (χ3n) is 5.54. The highest BCUT2D eigenvalue weighted by Crippen LogP contribution is 2.43. The zero-order valence-electron chi connectivity index (χ0n) is 17.9. The maximum absolute atomic E-state index is 13.2. The first-order chi connectivity index (χ1) is 15.3. The van der Waals surface area contributed by atoms with Crippen LogP contribution in [0.5, 0.6) is 5.75 Å². The van der Waals surface area contributed by atoms with Crippen LogP contribution in [0.15, 0.2) is 72.3 Å². The molecule has 3 aromatic rings. The summed E-state index contributed by atoms with van der Waals surface area (Å²) in [6.07, 6.45) is 0. The summed E-state index contributed by atoms with van der Waals surface area (Å²) in [7, 11) is 1.50. The number of methoxy groups -OCH3 is 1. The molecule has 1 fully saturated rings. The van der Waals surface area contributed by atoms with E-state index in [0.29, 0.717) is 17.0 Å². The number of ketones is 1. The molecule has 1 aliphatic heterocycles. The van der Waals surface area contributed by atoms with Crippen LogP contribution in [0.4, 0.5) is 5.69 Å². The van der Waals surface area contributed by atoms with Crippen LogP contribution in [0.25, 0.3) is 5.76 Å². The number of rotatable bonds is 4. The molecule has 1 heterocycles. The second-order valence-corrected chi connectivity index (χ2v) is 8.17. The van der Waals surface area contributed by atoms with Crippen molar-refractivity contribution in [1.82, 2.24) is 0 Å². The van der Waals surface area contributed by atoms with Crippen LogP contribution in [0, 0.1) is 13.8 Å². The Labute approximate surface area is 191 Å². The fourth-order valence-corrected chi connectivity index (χ4v) is 4.12. The third-order valence-corrected chi connectivity index (χ3v) is 5.87. The van der Waals surface area contributed by atoms with Gasteiger partial charge in [-0.15, -0.1) is 0 Å². The average molecular weight is 448 g/mol. The van der Waals surface area contributed by atoms with E-state index in [1.807, 2.05) is 50.2 Å². The molecule has 0 aliphatic carbocycles. The van der Waals surface area contributed by atoms with Crippen molar-refractivity contribution in [2.75, 3.05) is 12.0 Å². The number of carbonyl (C=O) groups excluding carboxylic acids is 2. The second-order valence-electron chi connectivity index (χ2n) is 7.76. The molecule has 0 radical (unpaired) electrons. The Morgan fingerprint density at radius 1 is 0.969 bits per heavy atom. The summed E-state index contributed by atoms with van der Waals surface area (Å²) in [6.45, 7) is 3.88. The molecule has 1 unspecified atom stereocenters. The quantitative estimate of drug-likeness (QED) is 0.321. The molecule has 0 bridgehead atoms. The van der Waals surface area contributed by atoms with Crippen molar-refractivity contribution in [2.24, 2.45) is 0 Å². The molecule has 1 saturated heterocycles. The van der Waals surface area contributed by atoms with Gasteiger partial charge in [0, 0.05) is 11.3 Å². The van der Waals surface area contributed by atoms with E-state index in [0.717, 1.165) is 11.1 Å². The SMILES string of the molecule is COc1ccc(Cl)c(/C(O)=C2\C(=O)C(=O)N(c3ccc(C)cc3)C2c2cccc(C)c2)c1. The summed E-state index contributed by atoms with van der Waals surface area (Å²) in [5, 5.41) is 11.5. The maximum Gasteiger partial charge on any atom is 0.300 e. The molecule has 1 amide bonds. The number of anilines is 1. The zero-order valence-corrected chi connectivity index (χ0v) is 18.7. The Bertz CT molecular complexity index is 1250. The lowest BCUT2D eigenvalue weighted by Gasteiger charge is -2.26. The smallest absolute Gasteiger partial charge is 0.300 e. The molecule has 6 heteroatoms. The molecular formula is C26H22ClNO4. The lowest BCUT2D eigenvalue weighted by atomic mass is 9.94. The van der Waals surface area contributed by atoms with Gasteiger partial charge < -0.3 is 9.84 Å². The topological polar surface area (TPSA) is 66.8 Å². The van der Waals surface area contributed by atoms with E-state index in [1.54, 1.807) is 30.3 Å². The predicted octanol–water partition coefficient (Wildman–Crippen LogP) is 5.59. The lowest BCUT2D eigenvalue weighted by molar-refractivity contribution is -0.132. The lowest BCUT2D eigenvalue weighted by Crippen LogP contribution is -2.29. The van der Waals surface area contributed by atoms with Gasteiger partial charge in [0.05, 0.1) is 23.7 Å². The van der Waals surface area contributed by atoms with Crippen molar-refractivity contribution in [2.45, 2.75) is 19.9 Å². The van der Waals surface area contributed by atoms with E-state index in [2.05, 4.69) is 0 Å². The number of hydrogen-bond donors (Lipinski definition) is 1. The van der Waals surface area contributed by atoms with Crippen LogP contribution >= 0.6 is 11.6 Å². The van der Waals surface area contributed by atoms with Crippen molar-refractivity contribution >= 4 is 34.7 Å².